The van der Waals surface area contributed by atoms with Crippen molar-refractivity contribution in [3.63, 3.8) is 0 Å². The fourth-order valence-electron chi connectivity index (χ4n) is 2.24. The SMILES string of the molecule is CC(=O)Oc1cccc(C(=O)N[C@@H](Cc2ccc(Cl)cc2Cl)C(N)=O)c1. The number of primary amides is 1. The van der Waals surface area contributed by atoms with Crippen LogP contribution in [0.1, 0.15) is 22.8 Å². The summed E-state index contributed by atoms with van der Waals surface area (Å²) in [7, 11) is 0. The molecule has 3 N–H and O–H groups in total. The van der Waals surface area contributed by atoms with Crippen LogP contribution in [0.25, 0.3) is 0 Å². The Morgan fingerprint density at radius 1 is 1.15 bits per heavy atom. The number of nitrogens with two attached hydrogens (primary N) is 1. The molecule has 2 amide bonds. The Balaban J connectivity index is 2.15. The van der Waals surface area contributed by atoms with Crippen molar-refractivity contribution < 1.29 is 19.1 Å². The van der Waals surface area contributed by atoms with E-state index in [-0.39, 0.29) is 17.7 Å². The number of esters is 1. The maximum atomic E-state index is 12.4. The zero-order chi connectivity index (χ0) is 19.3. The molecule has 0 heterocycles. The van der Waals surface area contributed by atoms with Crippen LogP contribution in [0.3, 0.4) is 0 Å². The van der Waals surface area contributed by atoms with Gasteiger partial charge in [-0.25, -0.2) is 0 Å². The number of ether oxygens (including phenoxy) is 1. The molecule has 0 aliphatic carbocycles. The van der Waals surface area contributed by atoms with E-state index < -0.39 is 23.8 Å². The molecule has 0 spiro atoms. The third-order valence-corrected chi connectivity index (χ3v) is 4.03. The van der Waals surface area contributed by atoms with Gasteiger partial charge in [0.2, 0.25) is 5.91 Å². The number of carbonyl (C=O) groups excluding carboxylic acids is 3. The molecule has 8 heteroatoms. The summed E-state index contributed by atoms with van der Waals surface area (Å²) >= 11 is 12.0. The van der Waals surface area contributed by atoms with E-state index in [2.05, 4.69) is 5.32 Å². The van der Waals surface area contributed by atoms with Crippen molar-refractivity contribution in [2.24, 2.45) is 5.73 Å². The van der Waals surface area contributed by atoms with Crippen molar-refractivity contribution in [1.82, 2.24) is 5.32 Å². The van der Waals surface area contributed by atoms with Crippen LogP contribution in [0, 0.1) is 0 Å². The van der Waals surface area contributed by atoms with Gasteiger partial charge in [-0.15, -0.1) is 0 Å². The predicted molar refractivity (Wildman–Crippen MR) is 98.4 cm³/mol. The highest BCUT2D eigenvalue weighted by molar-refractivity contribution is 6.35. The number of amides is 2. The van der Waals surface area contributed by atoms with E-state index in [1.54, 1.807) is 24.3 Å². The maximum absolute atomic E-state index is 12.4. The average Bonchev–Trinajstić information content (AvgIpc) is 2.55. The standard InChI is InChI=1S/C18H16Cl2N2O4/c1-10(23)26-14-4-2-3-12(7-14)18(25)22-16(17(21)24)8-11-5-6-13(19)9-15(11)20/h2-7,9,16H,8H2,1H3,(H2,21,24)(H,22,25)/t16-/m0/s1. The third kappa shape index (κ3) is 5.47. The number of carbonyl (C=O) groups is 3. The number of hydrogen-bond acceptors (Lipinski definition) is 4. The zero-order valence-corrected chi connectivity index (χ0v) is 15.3. The molecule has 0 aliphatic heterocycles. The van der Waals surface area contributed by atoms with Crippen LogP contribution in [0.5, 0.6) is 5.75 Å². The molecule has 2 aromatic rings. The molecule has 0 saturated heterocycles. The highest BCUT2D eigenvalue weighted by Crippen LogP contribution is 2.22. The monoisotopic (exact) mass is 394 g/mol. The largest absolute Gasteiger partial charge is 0.427 e. The summed E-state index contributed by atoms with van der Waals surface area (Å²) < 4.78 is 4.94. The molecule has 0 unspecified atom stereocenters. The molecule has 2 aromatic carbocycles. The Labute approximate surface area is 160 Å². The Kier molecular flexibility index (Phi) is 6.60. The summed E-state index contributed by atoms with van der Waals surface area (Å²) in [5.74, 6) is -1.52. The van der Waals surface area contributed by atoms with Crippen molar-refractivity contribution in [1.29, 1.82) is 0 Å². The number of nitrogens with one attached hydrogen (secondary N) is 1. The molecule has 0 fully saturated rings. The molecular weight excluding hydrogens is 379 g/mol. The molecular formula is C18H16Cl2N2O4. The number of benzene rings is 2. The lowest BCUT2D eigenvalue weighted by Gasteiger charge is -2.17. The van der Waals surface area contributed by atoms with E-state index in [9.17, 15) is 14.4 Å². The lowest BCUT2D eigenvalue weighted by atomic mass is 10.0. The predicted octanol–water partition coefficient (Wildman–Crippen LogP) is 2.75. The van der Waals surface area contributed by atoms with Gasteiger partial charge in [-0.1, -0.05) is 35.3 Å². The van der Waals surface area contributed by atoms with Crippen LogP contribution in [-0.4, -0.2) is 23.8 Å². The molecule has 136 valence electrons. The summed E-state index contributed by atoms with van der Waals surface area (Å²) in [5.41, 5.74) is 6.23. The van der Waals surface area contributed by atoms with Crippen LogP contribution in [0.15, 0.2) is 42.5 Å². The van der Waals surface area contributed by atoms with Gasteiger partial charge >= 0.3 is 5.97 Å². The Morgan fingerprint density at radius 2 is 1.88 bits per heavy atom. The minimum absolute atomic E-state index is 0.112. The lowest BCUT2D eigenvalue weighted by Crippen LogP contribution is -2.45. The van der Waals surface area contributed by atoms with Gasteiger partial charge in [-0.3, -0.25) is 14.4 Å². The second kappa shape index (κ2) is 8.69. The first-order valence-corrected chi connectivity index (χ1v) is 8.34. The van der Waals surface area contributed by atoms with Crippen LogP contribution in [0.4, 0.5) is 0 Å². The zero-order valence-electron chi connectivity index (χ0n) is 13.8. The summed E-state index contributed by atoms with van der Waals surface area (Å²) in [6.45, 7) is 1.26. The van der Waals surface area contributed by atoms with Gasteiger partial charge < -0.3 is 15.8 Å². The average molecular weight is 395 g/mol. The molecule has 0 radical (unpaired) electrons. The van der Waals surface area contributed by atoms with Gasteiger partial charge in [0.15, 0.2) is 0 Å². The van der Waals surface area contributed by atoms with Gasteiger partial charge in [0.25, 0.3) is 5.91 Å². The highest BCUT2D eigenvalue weighted by atomic mass is 35.5. The van der Waals surface area contributed by atoms with Gasteiger partial charge in [0, 0.05) is 29.0 Å². The second-order valence-corrected chi connectivity index (χ2v) is 6.33. The molecule has 2 rings (SSSR count). The smallest absolute Gasteiger partial charge is 0.308 e. The first kappa shape index (κ1) is 19.8. The summed E-state index contributed by atoms with van der Waals surface area (Å²) in [6.07, 6.45) is 0.112. The summed E-state index contributed by atoms with van der Waals surface area (Å²) in [6, 6.07) is 9.87. The summed E-state index contributed by atoms with van der Waals surface area (Å²) in [4.78, 5) is 35.2. The van der Waals surface area contributed by atoms with Gasteiger partial charge in [0.1, 0.15) is 11.8 Å². The Bertz CT molecular complexity index is 855. The van der Waals surface area contributed by atoms with Crippen molar-refractivity contribution in [3.8, 4) is 5.75 Å². The molecule has 6 nitrogen and oxygen atoms in total. The number of hydrogen-bond donors (Lipinski definition) is 2. The fourth-order valence-corrected chi connectivity index (χ4v) is 2.72. The molecule has 0 bridgehead atoms. The van der Waals surface area contributed by atoms with E-state index in [0.29, 0.717) is 15.6 Å². The normalized spacial score (nSPS) is 11.5. The van der Waals surface area contributed by atoms with E-state index >= 15 is 0 Å². The molecule has 1 atom stereocenters. The Hall–Kier alpha value is -2.57. The van der Waals surface area contributed by atoms with Crippen LogP contribution < -0.4 is 15.8 Å². The molecule has 26 heavy (non-hydrogen) atoms. The minimum Gasteiger partial charge on any atom is -0.427 e. The van der Waals surface area contributed by atoms with Gasteiger partial charge in [-0.2, -0.15) is 0 Å². The number of halogens is 2. The van der Waals surface area contributed by atoms with Gasteiger partial charge in [0.05, 0.1) is 0 Å². The number of rotatable bonds is 6. The maximum Gasteiger partial charge on any atom is 0.308 e. The summed E-state index contributed by atoms with van der Waals surface area (Å²) in [5, 5.41) is 3.39. The quantitative estimate of drug-likeness (QED) is 0.581. The van der Waals surface area contributed by atoms with Crippen LogP contribution in [0.2, 0.25) is 10.0 Å². The second-order valence-electron chi connectivity index (χ2n) is 5.49. The van der Waals surface area contributed by atoms with E-state index in [4.69, 9.17) is 33.7 Å². The van der Waals surface area contributed by atoms with Crippen LogP contribution >= 0.6 is 23.2 Å². The lowest BCUT2D eigenvalue weighted by molar-refractivity contribution is -0.131. The van der Waals surface area contributed by atoms with Crippen molar-refractivity contribution in [3.05, 3.63) is 63.6 Å². The topological polar surface area (TPSA) is 98.5 Å². The van der Waals surface area contributed by atoms with E-state index in [1.807, 2.05) is 0 Å². The van der Waals surface area contributed by atoms with Gasteiger partial charge in [-0.05, 0) is 35.9 Å². The molecule has 0 saturated carbocycles. The van der Waals surface area contributed by atoms with Crippen molar-refractivity contribution in [2.75, 3.05) is 0 Å². The van der Waals surface area contributed by atoms with E-state index in [0.717, 1.165) is 0 Å². The van der Waals surface area contributed by atoms with E-state index in [1.165, 1.54) is 25.1 Å². The Morgan fingerprint density at radius 3 is 2.50 bits per heavy atom. The molecule has 0 aliphatic rings. The first-order valence-electron chi connectivity index (χ1n) is 7.59. The van der Waals surface area contributed by atoms with Crippen molar-refractivity contribution in [2.45, 2.75) is 19.4 Å². The third-order valence-electron chi connectivity index (χ3n) is 3.45. The highest BCUT2D eigenvalue weighted by Gasteiger charge is 2.21. The van der Waals surface area contributed by atoms with Crippen LogP contribution in [-0.2, 0) is 16.0 Å². The molecule has 0 aromatic heterocycles. The van der Waals surface area contributed by atoms with Crippen molar-refractivity contribution >= 4 is 41.0 Å². The first-order chi connectivity index (χ1) is 12.3. The minimum atomic E-state index is -0.974. The fraction of sp³-hybridized carbons (Fsp3) is 0.167.